The molecule has 0 fully saturated rings. The predicted octanol–water partition coefficient (Wildman–Crippen LogP) is -0.521. The molecule has 0 aromatic carbocycles. The van der Waals surface area contributed by atoms with Crippen LogP contribution in [0.1, 0.15) is 39.5 Å². The van der Waals surface area contributed by atoms with E-state index < -0.39 is 31.9 Å². The second-order valence-corrected chi connectivity index (χ2v) is 7.89. The van der Waals surface area contributed by atoms with Crippen LogP contribution in [-0.4, -0.2) is 40.2 Å². The van der Waals surface area contributed by atoms with Gasteiger partial charge in [-0.3, -0.25) is 9.59 Å². The molecule has 0 aromatic heterocycles. The SMILES string of the molecule is CCCCS(=O)(=O)NC(=O)C(=O)NS(=O)(=O)CCCC. The highest BCUT2D eigenvalue weighted by atomic mass is 32.2. The lowest BCUT2D eigenvalue weighted by Gasteiger charge is -2.07. The molecule has 0 aliphatic carbocycles. The van der Waals surface area contributed by atoms with E-state index in [4.69, 9.17) is 0 Å². The van der Waals surface area contributed by atoms with Gasteiger partial charge in [0.1, 0.15) is 0 Å². The maximum Gasteiger partial charge on any atom is 0.323 e. The quantitative estimate of drug-likeness (QED) is 0.577. The molecule has 2 N–H and O–H groups in total. The molecule has 0 saturated carbocycles. The van der Waals surface area contributed by atoms with E-state index in [-0.39, 0.29) is 11.5 Å². The summed E-state index contributed by atoms with van der Waals surface area (Å²) in [6, 6.07) is 0. The third kappa shape index (κ3) is 8.10. The van der Waals surface area contributed by atoms with E-state index in [1.54, 1.807) is 13.8 Å². The van der Waals surface area contributed by atoms with E-state index in [9.17, 15) is 26.4 Å². The summed E-state index contributed by atoms with van der Waals surface area (Å²) in [5.74, 6) is -3.60. The summed E-state index contributed by atoms with van der Waals surface area (Å²) in [4.78, 5) is 22.6. The molecule has 0 aliphatic rings. The lowest BCUT2D eigenvalue weighted by molar-refractivity contribution is -0.137. The molecule has 0 bridgehead atoms. The van der Waals surface area contributed by atoms with Crippen molar-refractivity contribution >= 4 is 31.9 Å². The topological polar surface area (TPSA) is 126 Å². The molecule has 0 spiro atoms. The first-order valence-electron chi connectivity index (χ1n) is 6.22. The van der Waals surface area contributed by atoms with Gasteiger partial charge in [-0.2, -0.15) is 0 Å². The number of hydrogen-bond donors (Lipinski definition) is 2. The Hall–Kier alpha value is -1.16. The van der Waals surface area contributed by atoms with Gasteiger partial charge in [0.05, 0.1) is 11.5 Å². The molecule has 0 aromatic rings. The first-order valence-corrected chi connectivity index (χ1v) is 9.53. The van der Waals surface area contributed by atoms with Crippen LogP contribution in [0.3, 0.4) is 0 Å². The fourth-order valence-electron chi connectivity index (χ4n) is 1.15. The first kappa shape index (κ1) is 18.8. The number of amides is 2. The van der Waals surface area contributed by atoms with Gasteiger partial charge in [-0.05, 0) is 12.8 Å². The Morgan fingerprint density at radius 1 is 0.750 bits per heavy atom. The summed E-state index contributed by atoms with van der Waals surface area (Å²) in [5.41, 5.74) is 0. The summed E-state index contributed by atoms with van der Waals surface area (Å²) in [7, 11) is -7.83. The van der Waals surface area contributed by atoms with Gasteiger partial charge in [0.15, 0.2) is 0 Å². The maximum absolute atomic E-state index is 11.4. The summed E-state index contributed by atoms with van der Waals surface area (Å²) in [6.07, 6.45) is 1.87. The summed E-state index contributed by atoms with van der Waals surface area (Å²) >= 11 is 0. The Morgan fingerprint density at radius 2 is 1.05 bits per heavy atom. The van der Waals surface area contributed by atoms with Gasteiger partial charge >= 0.3 is 11.8 Å². The monoisotopic (exact) mass is 328 g/mol. The third-order valence-electron chi connectivity index (χ3n) is 2.24. The summed E-state index contributed by atoms with van der Waals surface area (Å²) in [5, 5.41) is 0. The van der Waals surface area contributed by atoms with E-state index in [0.717, 1.165) is 0 Å². The van der Waals surface area contributed by atoms with Crippen molar-refractivity contribution in [3.8, 4) is 0 Å². The minimum Gasteiger partial charge on any atom is -0.263 e. The average molecular weight is 328 g/mol. The van der Waals surface area contributed by atoms with Crippen LogP contribution in [0.5, 0.6) is 0 Å². The zero-order valence-corrected chi connectivity index (χ0v) is 13.1. The molecule has 10 heteroatoms. The van der Waals surface area contributed by atoms with Crippen molar-refractivity contribution in [1.82, 2.24) is 9.44 Å². The first-order chi connectivity index (χ1) is 9.13. The Kier molecular flexibility index (Phi) is 7.72. The van der Waals surface area contributed by atoms with Crippen molar-refractivity contribution in [1.29, 1.82) is 0 Å². The van der Waals surface area contributed by atoms with Crippen molar-refractivity contribution in [2.24, 2.45) is 0 Å². The molecular weight excluding hydrogens is 308 g/mol. The second-order valence-electron chi connectivity index (χ2n) is 4.21. The van der Waals surface area contributed by atoms with Gasteiger partial charge in [0.2, 0.25) is 20.0 Å². The second kappa shape index (κ2) is 8.20. The fourth-order valence-corrected chi connectivity index (χ4v) is 3.44. The van der Waals surface area contributed by atoms with Gasteiger partial charge in [0.25, 0.3) is 0 Å². The van der Waals surface area contributed by atoms with Crippen molar-refractivity contribution in [3.63, 3.8) is 0 Å². The van der Waals surface area contributed by atoms with E-state index in [1.807, 2.05) is 0 Å². The number of carbonyl (C=O) groups excluding carboxylic acids is 2. The smallest absolute Gasteiger partial charge is 0.263 e. The van der Waals surface area contributed by atoms with Crippen LogP contribution in [0, 0.1) is 0 Å². The minimum atomic E-state index is -3.92. The lowest BCUT2D eigenvalue weighted by Crippen LogP contribution is -2.45. The van der Waals surface area contributed by atoms with Crippen LogP contribution in [0.4, 0.5) is 0 Å². The van der Waals surface area contributed by atoms with Crippen molar-refractivity contribution in [2.75, 3.05) is 11.5 Å². The zero-order valence-electron chi connectivity index (χ0n) is 11.5. The van der Waals surface area contributed by atoms with Crippen molar-refractivity contribution in [3.05, 3.63) is 0 Å². The Balaban J connectivity index is 4.54. The molecule has 0 radical (unpaired) electrons. The average Bonchev–Trinajstić information content (AvgIpc) is 2.33. The molecule has 0 unspecified atom stereocenters. The summed E-state index contributed by atoms with van der Waals surface area (Å²) < 4.78 is 48.6. The number of hydrogen-bond acceptors (Lipinski definition) is 6. The van der Waals surface area contributed by atoms with Crippen molar-refractivity contribution in [2.45, 2.75) is 39.5 Å². The highest BCUT2D eigenvalue weighted by Crippen LogP contribution is 1.95. The van der Waals surface area contributed by atoms with Crippen LogP contribution in [-0.2, 0) is 29.6 Å². The van der Waals surface area contributed by atoms with Crippen LogP contribution < -0.4 is 9.44 Å². The molecule has 2 amide bonds. The van der Waals surface area contributed by atoms with E-state index in [0.29, 0.717) is 25.7 Å². The molecule has 0 atom stereocenters. The molecule has 118 valence electrons. The standard InChI is InChI=1S/C10H20N2O6S2/c1-3-5-7-19(15,16)11-9(13)10(14)12-20(17,18)8-6-4-2/h3-8H2,1-2H3,(H,11,13)(H,12,14). The number of rotatable bonds is 8. The van der Waals surface area contributed by atoms with E-state index in [2.05, 4.69) is 0 Å². The highest BCUT2D eigenvalue weighted by Gasteiger charge is 2.24. The van der Waals surface area contributed by atoms with Gasteiger partial charge < -0.3 is 0 Å². The van der Waals surface area contributed by atoms with Gasteiger partial charge in [0, 0.05) is 0 Å². The number of nitrogens with one attached hydrogen (secondary N) is 2. The Labute approximate surface area is 119 Å². The van der Waals surface area contributed by atoms with Crippen LogP contribution >= 0.6 is 0 Å². The van der Waals surface area contributed by atoms with E-state index in [1.165, 1.54) is 9.44 Å². The Morgan fingerprint density at radius 3 is 1.30 bits per heavy atom. The minimum absolute atomic E-state index is 0.300. The molecule has 20 heavy (non-hydrogen) atoms. The molecular formula is C10H20N2O6S2. The van der Waals surface area contributed by atoms with E-state index >= 15 is 0 Å². The van der Waals surface area contributed by atoms with Gasteiger partial charge in [-0.25, -0.2) is 26.3 Å². The molecule has 0 rings (SSSR count). The molecule has 8 nitrogen and oxygen atoms in total. The maximum atomic E-state index is 11.4. The van der Waals surface area contributed by atoms with Crippen molar-refractivity contribution < 1.29 is 26.4 Å². The van der Waals surface area contributed by atoms with Gasteiger partial charge in [-0.1, -0.05) is 26.7 Å². The largest absolute Gasteiger partial charge is 0.323 e. The zero-order chi connectivity index (χ0) is 15.8. The normalized spacial score (nSPS) is 11.9. The van der Waals surface area contributed by atoms with Crippen LogP contribution in [0.25, 0.3) is 0 Å². The molecule has 0 saturated heterocycles. The fraction of sp³-hybridized carbons (Fsp3) is 0.800. The predicted molar refractivity (Wildman–Crippen MR) is 73.7 cm³/mol. The van der Waals surface area contributed by atoms with Gasteiger partial charge in [-0.15, -0.1) is 0 Å². The number of sulfonamides is 2. The summed E-state index contributed by atoms with van der Waals surface area (Å²) in [6.45, 7) is 3.54. The lowest BCUT2D eigenvalue weighted by atomic mass is 10.4. The molecule has 0 heterocycles. The highest BCUT2D eigenvalue weighted by molar-refractivity contribution is 7.90. The van der Waals surface area contributed by atoms with Crippen LogP contribution in [0.15, 0.2) is 0 Å². The Bertz CT molecular complexity index is 488. The molecule has 0 aliphatic heterocycles. The number of unbranched alkanes of at least 4 members (excludes halogenated alkanes) is 2. The number of carbonyl (C=O) groups is 2. The van der Waals surface area contributed by atoms with Crippen LogP contribution in [0.2, 0.25) is 0 Å². The third-order valence-corrected chi connectivity index (χ3v) is 4.88.